The molecule has 26 heavy (non-hydrogen) atoms. The number of hydrogen-bond donors (Lipinski definition) is 0. The number of carbonyl (C=O) groups is 1. The SMILES string of the molecule is CCSC1=N[C@@](C(C)C)([C@H](C[N+](=O)[O-])c2ccccc2[N+](=O)[O-])C(=O)S1. The molecule has 2 atom stereocenters. The number of thioether (sulfide) groups is 2. The third-order valence-corrected chi connectivity index (χ3v) is 6.31. The van der Waals surface area contributed by atoms with Gasteiger partial charge < -0.3 is 0 Å². The van der Waals surface area contributed by atoms with E-state index in [1.807, 2.05) is 6.92 Å². The molecule has 0 spiro atoms. The highest BCUT2D eigenvalue weighted by atomic mass is 32.2. The zero-order chi connectivity index (χ0) is 19.5. The van der Waals surface area contributed by atoms with Crippen molar-refractivity contribution in [2.45, 2.75) is 32.2 Å². The average molecular weight is 397 g/mol. The molecule has 2 rings (SSSR count). The molecule has 1 aromatic rings. The van der Waals surface area contributed by atoms with Crippen LogP contribution in [0.3, 0.4) is 0 Å². The van der Waals surface area contributed by atoms with E-state index in [0.29, 0.717) is 10.1 Å². The van der Waals surface area contributed by atoms with Crippen molar-refractivity contribution in [3.05, 3.63) is 50.1 Å². The van der Waals surface area contributed by atoms with Gasteiger partial charge in [0.15, 0.2) is 0 Å². The van der Waals surface area contributed by atoms with Gasteiger partial charge in [-0.25, -0.2) is 0 Å². The second-order valence-electron chi connectivity index (χ2n) is 6.06. The summed E-state index contributed by atoms with van der Waals surface area (Å²) in [6.07, 6.45) is 0. The molecule has 0 saturated heterocycles. The Morgan fingerprint density at radius 3 is 2.46 bits per heavy atom. The van der Waals surface area contributed by atoms with Crippen molar-refractivity contribution in [1.82, 2.24) is 0 Å². The summed E-state index contributed by atoms with van der Waals surface area (Å²) >= 11 is 2.36. The van der Waals surface area contributed by atoms with Crippen LogP contribution in [-0.4, -0.2) is 37.2 Å². The molecule has 1 aliphatic rings. The minimum atomic E-state index is -1.40. The van der Waals surface area contributed by atoms with Crippen LogP contribution < -0.4 is 0 Å². The van der Waals surface area contributed by atoms with Crippen molar-refractivity contribution in [3.63, 3.8) is 0 Å². The molecule has 0 bridgehead atoms. The molecule has 0 unspecified atom stereocenters. The second kappa shape index (κ2) is 8.17. The number of benzene rings is 1. The molecule has 1 aliphatic heterocycles. The van der Waals surface area contributed by atoms with Crippen LogP contribution in [0.5, 0.6) is 0 Å². The third kappa shape index (κ3) is 3.75. The standard InChI is InChI=1S/C16H19N3O5S2/c1-4-25-15-17-16(10(2)3,14(20)26-15)12(9-18(21)22)11-7-5-6-8-13(11)19(23)24/h5-8,10,12H,4,9H2,1-3H3/t12-,16+/m1/s1. The van der Waals surface area contributed by atoms with Gasteiger partial charge in [0.2, 0.25) is 11.7 Å². The van der Waals surface area contributed by atoms with Crippen LogP contribution in [0.4, 0.5) is 5.69 Å². The Balaban J connectivity index is 2.70. The summed E-state index contributed by atoms with van der Waals surface area (Å²) in [6, 6.07) is 5.87. The molecule has 0 aromatic heterocycles. The van der Waals surface area contributed by atoms with Gasteiger partial charge in [0.05, 0.1) is 10.8 Å². The first-order chi connectivity index (χ1) is 12.2. The monoisotopic (exact) mass is 397 g/mol. The molecular weight excluding hydrogens is 378 g/mol. The first-order valence-electron chi connectivity index (χ1n) is 8.04. The van der Waals surface area contributed by atoms with Crippen LogP contribution in [0.15, 0.2) is 29.3 Å². The Bertz CT molecular complexity index is 768. The Morgan fingerprint density at radius 1 is 1.27 bits per heavy atom. The van der Waals surface area contributed by atoms with E-state index < -0.39 is 27.8 Å². The van der Waals surface area contributed by atoms with Gasteiger partial charge in [-0.05, 0) is 23.4 Å². The maximum absolute atomic E-state index is 12.9. The molecule has 10 heteroatoms. The summed E-state index contributed by atoms with van der Waals surface area (Å²) in [6.45, 7) is 4.85. The predicted octanol–water partition coefficient (Wildman–Crippen LogP) is 3.73. The lowest BCUT2D eigenvalue weighted by Crippen LogP contribution is -2.47. The van der Waals surface area contributed by atoms with Crippen LogP contribution in [0.2, 0.25) is 0 Å². The van der Waals surface area contributed by atoms with Crippen molar-refractivity contribution in [2.75, 3.05) is 12.3 Å². The lowest BCUT2D eigenvalue weighted by Gasteiger charge is -2.34. The smallest absolute Gasteiger partial charge is 0.273 e. The van der Waals surface area contributed by atoms with E-state index in [9.17, 15) is 25.0 Å². The Kier molecular flexibility index (Phi) is 6.40. The number of rotatable bonds is 7. The van der Waals surface area contributed by atoms with Crippen molar-refractivity contribution in [2.24, 2.45) is 10.9 Å². The number of hydrogen-bond acceptors (Lipinski definition) is 8. The number of nitrogens with zero attached hydrogens (tertiary/aromatic N) is 3. The molecule has 1 heterocycles. The second-order valence-corrected chi connectivity index (χ2v) is 8.54. The lowest BCUT2D eigenvalue weighted by atomic mass is 9.73. The van der Waals surface area contributed by atoms with E-state index in [1.165, 1.54) is 30.0 Å². The summed E-state index contributed by atoms with van der Waals surface area (Å²) in [5.41, 5.74) is -1.46. The van der Waals surface area contributed by atoms with Crippen LogP contribution >= 0.6 is 23.5 Å². The zero-order valence-electron chi connectivity index (χ0n) is 14.6. The largest absolute Gasteiger partial charge is 0.284 e. The number of aliphatic imine (C=N–C) groups is 1. The van der Waals surface area contributed by atoms with Crippen molar-refractivity contribution in [1.29, 1.82) is 0 Å². The molecule has 0 radical (unpaired) electrons. The van der Waals surface area contributed by atoms with Crippen molar-refractivity contribution in [3.8, 4) is 0 Å². The van der Waals surface area contributed by atoms with Gasteiger partial charge in [0, 0.05) is 16.6 Å². The molecule has 0 N–H and O–H groups in total. The molecular formula is C16H19N3O5S2. The summed E-state index contributed by atoms with van der Waals surface area (Å²) in [7, 11) is 0. The van der Waals surface area contributed by atoms with Gasteiger partial charge in [-0.2, -0.15) is 0 Å². The summed E-state index contributed by atoms with van der Waals surface area (Å²) in [5.74, 6) is -0.671. The van der Waals surface area contributed by atoms with E-state index in [-0.39, 0.29) is 22.3 Å². The van der Waals surface area contributed by atoms with Gasteiger partial charge in [0.1, 0.15) is 9.91 Å². The maximum Gasteiger partial charge on any atom is 0.273 e. The molecule has 0 aliphatic carbocycles. The molecule has 0 fully saturated rings. The van der Waals surface area contributed by atoms with E-state index in [2.05, 4.69) is 4.99 Å². The Morgan fingerprint density at radius 2 is 1.92 bits per heavy atom. The fourth-order valence-corrected chi connectivity index (χ4v) is 5.35. The number of nitro benzene ring substituents is 1. The highest BCUT2D eigenvalue weighted by molar-refractivity contribution is 8.45. The van der Waals surface area contributed by atoms with Crippen LogP contribution in [-0.2, 0) is 4.79 Å². The van der Waals surface area contributed by atoms with Gasteiger partial charge in [0.25, 0.3) is 5.69 Å². The van der Waals surface area contributed by atoms with E-state index >= 15 is 0 Å². The van der Waals surface area contributed by atoms with Crippen LogP contribution in [0.1, 0.15) is 32.3 Å². The summed E-state index contributed by atoms with van der Waals surface area (Å²) < 4.78 is 0.554. The van der Waals surface area contributed by atoms with Crippen LogP contribution in [0.25, 0.3) is 0 Å². The minimum absolute atomic E-state index is 0.170. The number of carbonyl (C=O) groups excluding carboxylic acids is 1. The van der Waals surface area contributed by atoms with E-state index in [4.69, 9.17) is 0 Å². The van der Waals surface area contributed by atoms with Gasteiger partial charge in [-0.1, -0.05) is 50.7 Å². The highest BCUT2D eigenvalue weighted by Gasteiger charge is 2.56. The van der Waals surface area contributed by atoms with Gasteiger partial charge >= 0.3 is 0 Å². The molecule has 1 aromatic carbocycles. The van der Waals surface area contributed by atoms with Crippen molar-refractivity contribution >= 4 is 38.7 Å². The third-order valence-electron chi connectivity index (χ3n) is 4.30. The minimum Gasteiger partial charge on any atom is -0.284 e. The molecule has 8 nitrogen and oxygen atoms in total. The fraction of sp³-hybridized carbons (Fsp3) is 0.500. The number of para-hydroxylation sites is 1. The fourth-order valence-electron chi connectivity index (χ4n) is 3.13. The summed E-state index contributed by atoms with van der Waals surface area (Å²) in [5, 5.41) is 22.5. The normalized spacial score (nSPS) is 20.9. The topological polar surface area (TPSA) is 116 Å². The zero-order valence-corrected chi connectivity index (χ0v) is 16.2. The summed E-state index contributed by atoms with van der Waals surface area (Å²) in [4.78, 5) is 39.2. The highest BCUT2D eigenvalue weighted by Crippen LogP contribution is 2.49. The molecule has 0 saturated carbocycles. The van der Waals surface area contributed by atoms with E-state index in [0.717, 1.165) is 11.8 Å². The maximum atomic E-state index is 12.9. The Hall–Kier alpha value is -1.94. The first kappa shape index (κ1) is 20.4. The average Bonchev–Trinajstić information content (AvgIpc) is 2.90. The lowest BCUT2D eigenvalue weighted by molar-refractivity contribution is -0.485. The van der Waals surface area contributed by atoms with Crippen LogP contribution in [0, 0.1) is 26.1 Å². The van der Waals surface area contributed by atoms with Gasteiger partial charge in [-0.15, -0.1) is 0 Å². The van der Waals surface area contributed by atoms with E-state index in [1.54, 1.807) is 19.9 Å². The van der Waals surface area contributed by atoms with Gasteiger partial charge in [-0.3, -0.25) is 30.0 Å². The quantitative estimate of drug-likeness (QED) is 0.508. The first-order valence-corrected chi connectivity index (χ1v) is 9.84. The Labute approximate surface area is 159 Å². The van der Waals surface area contributed by atoms with Crippen molar-refractivity contribution < 1.29 is 14.6 Å². The molecule has 140 valence electrons. The molecule has 0 amide bonds. The number of nitro groups is 2. The predicted molar refractivity (Wildman–Crippen MR) is 103 cm³/mol.